The maximum Gasteiger partial charge on any atom is 0.0669 e. The van der Waals surface area contributed by atoms with E-state index in [4.69, 9.17) is 5.26 Å². The van der Waals surface area contributed by atoms with E-state index in [0.717, 1.165) is 32.0 Å². The molecule has 0 heterocycles. The third-order valence-electron chi connectivity index (χ3n) is 3.54. The van der Waals surface area contributed by atoms with Gasteiger partial charge < -0.3 is 10.0 Å². The predicted molar refractivity (Wildman–Crippen MR) is 64.9 cm³/mol. The van der Waals surface area contributed by atoms with Crippen LogP contribution in [0.1, 0.15) is 45.4 Å². The fourth-order valence-corrected chi connectivity index (χ4v) is 2.59. The third-order valence-corrected chi connectivity index (χ3v) is 3.54. The highest BCUT2D eigenvalue weighted by atomic mass is 16.3. The Kier molecular flexibility index (Phi) is 6.44. The summed E-state index contributed by atoms with van der Waals surface area (Å²) in [5.41, 5.74) is 0. The average molecular weight is 224 g/mol. The Balaban J connectivity index is 2.19. The Bertz CT molecular complexity index is 218. The minimum atomic E-state index is -0.207. The number of nitriles is 1. The average Bonchev–Trinajstić information content (AvgIpc) is 2.76. The van der Waals surface area contributed by atoms with E-state index in [-0.39, 0.29) is 6.10 Å². The maximum atomic E-state index is 9.99. The minimum Gasteiger partial charge on any atom is -0.392 e. The molecule has 0 aliphatic heterocycles. The lowest BCUT2D eigenvalue weighted by Gasteiger charge is -2.24. The number of aliphatic hydroxyl groups is 1. The molecule has 0 aromatic carbocycles. The SMILES string of the molecule is CCN(CCC#N)CC(O)CC1CCCC1. The first-order chi connectivity index (χ1) is 7.76. The summed E-state index contributed by atoms with van der Waals surface area (Å²) in [5.74, 6) is 0.740. The molecular formula is C13H24N2O. The summed E-state index contributed by atoms with van der Waals surface area (Å²) in [6, 6.07) is 2.16. The normalized spacial score (nSPS) is 18.9. The van der Waals surface area contributed by atoms with Gasteiger partial charge in [0, 0.05) is 19.5 Å². The first-order valence-electron chi connectivity index (χ1n) is 6.53. The first kappa shape index (κ1) is 13.5. The van der Waals surface area contributed by atoms with Gasteiger partial charge in [-0.25, -0.2) is 0 Å². The molecule has 1 N–H and O–H groups in total. The highest BCUT2D eigenvalue weighted by Crippen LogP contribution is 2.28. The van der Waals surface area contributed by atoms with E-state index in [0.29, 0.717) is 6.42 Å². The van der Waals surface area contributed by atoms with Crippen LogP contribution in [0, 0.1) is 17.2 Å². The Hall–Kier alpha value is -0.590. The summed E-state index contributed by atoms with van der Waals surface area (Å²) in [4.78, 5) is 2.17. The van der Waals surface area contributed by atoms with E-state index in [1.165, 1.54) is 25.7 Å². The molecule has 1 atom stereocenters. The van der Waals surface area contributed by atoms with Crippen molar-refractivity contribution in [1.29, 1.82) is 5.26 Å². The predicted octanol–water partition coefficient (Wildman–Crippen LogP) is 2.16. The molecule has 1 unspecified atom stereocenters. The molecule has 0 radical (unpaired) electrons. The van der Waals surface area contributed by atoms with Gasteiger partial charge in [-0.2, -0.15) is 5.26 Å². The second kappa shape index (κ2) is 7.65. The molecule has 0 saturated heterocycles. The summed E-state index contributed by atoms with van der Waals surface area (Å²) < 4.78 is 0. The van der Waals surface area contributed by atoms with Gasteiger partial charge in [-0.15, -0.1) is 0 Å². The number of likely N-dealkylation sites (N-methyl/N-ethyl adjacent to an activating group) is 1. The van der Waals surface area contributed by atoms with Crippen molar-refractivity contribution in [1.82, 2.24) is 4.90 Å². The molecule has 0 amide bonds. The smallest absolute Gasteiger partial charge is 0.0669 e. The lowest BCUT2D eigenvalue weighted by Crippen LogP contribution is -2.33. The molecule has 0 bridgehead atoms. The number of hydrogen-bond acceptors (Lipinski definition) is 3. The standard InChI is InChI=1S/C13H24N2O/c1-2-15(9-5-8-14)11-13(16)10-12-6-3-4-7-12/h12-13,16H,2-7,9-11H2,1H3. The lowest BCUT2D eigenvalue weighted by atomic mass is 10.00. The van der Waals surface area contributed by atoms with Crippen LogP contribution in [0.4, 0.5) is 0 Å². The molecule has 3 nitrogen and oxygen atoms in total. The molecule has 1 saturated carbocycles. The van der Waals surface area contributed by atoms with Crippen LogP contribution < -0.4 is 0 Å². The Morgan fingerprint density at radius 3 is 2.69 bits per heavy atom. The molecule has 0 aromatic rings. The molecule has 1 aliphatic carbocycles. The van der Waals surface area contributed by atoms with Crippen molar-refractivity contribution in [2.75, 3.05) is 19.6 Å². The van der Waals surface area contributed by atoms with Crippen molar-refractivity contribution < 1.29 is 5.11 Å². The maximum absolute atomic E-state index is 9.99. The summed E-state index contributed by atoms with van der Waals surface area (Å²) in [6.07, 6.45) is 6.56. The van der Waals surface area contributed by atoms with Gasteiger partial charge >= 0.3 is 0 Å². The fourth-order valence-electron chi connectivity index (χ4n) is 2.59. The van der Waals surface area contributed by atoms with Crippen molar-refractivity contribution >= 4 is 0 Å². The molecular weight excluding hydrogens is 200 g/mol. The molecule has 1 rings (SSSR count). The van der Waals surface area contributed by atoms with E-state index in [1.807, 2.05) is 0 Å². The van der Waals surface area contributed by atoms with E-state index in [2.05, 4.69) is 17.9 Å². The van der Waals surface area contributed by atoms with E-state index < -0.39 is 0 Å². The second-order valence-corrected chi connectivity index (χ2v) is 4.84. The number of rotatable bonds is 7. The monoisotopic (exact) mass is 224 g/mol. The molecule has 0 spiro atoms. The van der Waals surface area contributed by atoms with Gasteiger partial charge in [-0.05, 0) is 18.9 Å². The van der Waals surface area contributed by atoms with Crippen molar-refractivity contribution in [2.24, 2.45) is 5.92 Å². The quantitative estimate of drug-likeness (QED) is 0.721. The van der Waals surface area contributed by atoms with Crippen LogP contribution in [-0.2, 0) is 0 Å². The van der Waals surface area contributed by atoms with Crippen LogP contribution in [0.2, 0.25) is 0 Å². The van der Waals surface area contributed by atoms with Crippen LogP contribution in [0.25, 0.3) is 0 Å². The van der Waals surface area contributed by atoms with Gasteiger partial charge in [0.25, 0.3) is 0 Å². The zero-order valence-electron chi connectivity index (χ0n) is 10.4. The van der Waals surface area contributed by atoms with Gasteiger partial charge in [0.15, 0.2) is 0 Å². The largest absolute Gasteiger partial charge is 0.392 e. The van der Waals surface area contributed by atoms with Crippen molar-refractivity contribution in [3.8, 4) is 6.07 Å². The number of hydrogen-bond donors (Lipinski definition) is 1. The Labute approximate surface area is 99.1 Å². The molecule has 3 heteroatoms. The zero-order valence-corrected chi connectivity index (χ0v) is 10.4. The van der Waals surface area contributed by atoms with Crippen LogP contribution in [-0.4, -0.2) is 35.7 Å². The lowest BCUT2D eigenvalue weighted by molar-refractivity contribution is 0.0943. The molecule has 1 fully saturated rings. The summed E-state index contributed by atoms with van der Waals surface area (Å²) in [6.45, 7) is 4.52. The third kappa shape index (κ3) is 4.96. The highest BCUT2D eigenvalue weighted by molar-refractivity contribution is 4.76. The van der Waals surface area contributed by atoms with Crippen molar-refractivity contribution in [2.45, 2.75) is 51.6 Å². The molecule has 16 heavy (non-hydrogen) atoms. The second-order valence-electron chi connectivity index (χ2n) is 4.84. The number of aliphatic hydroxyl groups excluding tert-OH is 1. The molecule has 92 valence electrons. The first-order valence-corrected chi connectivity index (χ1v) is 6.53. The van der Waals surface area contributed by atoms with Crippen LogP contribution >= 0.6 is 0 Å². The Morgan fingerprint density at radius 2 is 2.12 bits per heavy atom. The fraction of sp³-hybridized carbons (Fsp3) is 0.923. The van der Waals surface area contributed by atoms with Crippen molar-refractivity contribution in [3.63, 3.8) is 0 Å². The summed E-state index contributed by atoms with van der Waals surface area (Å²) in [5, 5.41) is 18.5. The molecule has 1 aliphatic rings. The van der Waals surface area contributed by atoms with Crippen molar-refractivity contribution in [3.05, 3.63) is 0 Å². The van der Waals surface area contributed by atoms with Gasteiger partial charge in [-0.3, -0.25) is 0 Å². The summed E-state index contributed by atoms with van der Waals surface area (Å²) >= 11 is 0. The minimum absolute atomic E-state index is 0.207. The van der Waals surface area contributed by atoms with Crippen LogP contribution in [0.5, 0.6) is 0 Å². The van der Waals surface area contributed by atoms with Gasteiger partial charge in [-0.1, -0.05) is 32.6 Å². The van der Waals surface area contributed by atoms with Gasteiger partial charge in [0.2, 0.25) is 0 Å². The van der Waals surface area contributed by atoms with Crippen LogP contribution in [0.3, 0.4) is 0 Å². The zero-order chi connectivity index (χ0) is 11.8. The van der Waals surface area contributed by atoms with Gasteiger partial charge in [0.1, 0.15) is 0 Å². The molecule has 0 aromatic heterocycles. The van der Waals surface area contributed by atoms with E-state index in [9.17, 15) is 5.11 Å². The summed E-state index contributed by atoms with van der Waals surface area (Å²) in [7, 11) is 0. The highest BCUT2D eigenvalue weighted by Gasteiger charge is 2.19. The Morgan fingerprint density at radius 1 is 1.44 bits per heavy atom. The van der Waals surface area contributed by atoms with Gasteiger partial charge in [0.05, 0.1) is 12.2 Å². The van der Waals surface area contributed by atoms with E-state index in [1.54, 1.807) is 0 Å². The van der Waals surface area contributed by atoms with E-state index >= 15 is 0 Å². The number of nitrogens with zero attached hydrogens (tertiary/aromatic N) is 2. The topological polar surface area (TPSA) is 47.3 Å². The van der Waals surface area contributed by atoms with Crippen LogP contribution in [0.15, 0.2) is 0 Å².